The second-order valence-corrected chi connectivity index (χ2v) is 0. The quantitative estimate of drug-likeness (QED) is 0.289. The van der Waals surface area contributed by atoms with E-state index in [1.807, 2.05) is 0 Å². The molecule has 0 bridgehead atoms. The molecular formula is C2H8B2K2. The molecule has 0 aromatic rings. The Bertz CT molecular complexity index is 13.7. The summed E-state index contributed by atoms with van der Waals surface area (Å²) in [5.74, 6) is 0. The van der Waals surface area contributed by atoms with Gasteiger partial charge in [0.05, 0.1) is 0 Å². The fourth-order valence-corrected chi connectivity index (χ4v) is 0. The van der Waals surface area contributed by atoms with Gasteiger partial charge in [0.25, 0.3) is 0 Å². The maximum atomic E-state index is 4.50. The molecule has 0 amide bonds. The van der Waals surface area contributed by atoms with Crippen LogP contribution in [0.2, 0.25) is 13.6 Å². The summed E-state index contributed by atoms with van der Waals surface area (Å²) in [4.78, 5) is 0. The van der Waals surface area contributed by atoms with E-state index >= 15 is 0 Å². The molecule has 0 fully saturated rings. The summed E-state index contributed by atoms with van der Waals surface area (Å²) in [6.45, 7) is 3.00. The summed E-state index contributed by atoms with van der Waals surface area (Å²) >= 11 is 0. The molecule has 24 valence electrons. The summed E-state index contributed by atoms with van der Waals surface area (Å²) in [6, 6.07) is 0. The molecule has 6 heavy (non-hydrogen) atoms. The van der Waals surface area contributed by atoms with Crippen LogP contribution in [0.4, 0.5) is 0 Å². The number of rotatable bonds is 0. The van der Waals surface area contributed by atoms with Gasteiger partial charge < -0.3 is 15.7 Å². The summed E-state index contributed by atoms with van der Waals surface area (Å²) in [5, 5.41) is 0. The fourth-order valence-electron chi connectivity index (χ4n) is 0. The molecule has 0 saturated carbocycles. The van der Waals surface area contributed by atoms with Crippen molar-refractivity contribution < 1.29 is 104 Å². The summed E-state index contributed by atoms with van der Waals surface area (Å²) in [7, 11) is 9.00. The van der Waals surface area contributed by atoms with Crippen LogP contribution in [0.25, 0.3) is 0 Å². The molecule has 0 aliphatic heterocycles. The van der Waals surface area contributed by atoms with E-state index in [-0.39, 0.29) is 104 Å². The van der Waals surface area contributed by atoms with Gasteiger partial charge >= 0.3 is 103 Å². The minimum Gasteiger partial charge on any atom is -0.631 e. The third-order valence-corrected chi connectivity index (χ3v) is 0. The van der Waals surface area contributed by atoms with Crippen molar-refractivity contribution in [3.05, 3.63) is 0 Å². The van der Waals surface area contributed by atoms with Gasteiger partial charge in [0.15, 0.2) is 0 Å². The van der Waals surface area contributed by atoms with E-state index in [0.717, 1.165) is 0 Å². The Kier molecular flexibility index (Phi) is 151. The smallest absolute Gasteiger partial charge is 0.631 e. The largest absolute Gasteiger partial charge is 1.00 e. The molecule has 0 saturated heterocycles. The minimum absolute atomic E-state index is 0. The molecule has 0 aliphatic rings. The molecule has 0 atom stereocenters. The van der Waals surface area contributed by atoms with E-state index in [0.29, 0.717) is 0 Å². The van der Waals surface area contributed by atoms with Gasteiger partial charge in [0.2, 0.25) is 0 Å². The van der Waals surface area contributed by atoms with Crippen LogP contribution in [-0.4, -0.2) is 15.7 Å². The van der Waals surface area contributed by atoms with Crippen molar-refractivity contribution in [2.24, 2.45) is 0 Å². The van der Waals surface area contributed by atoms with E-state index < -0.39 is 0 Å². The molecular weight excluding hydrogens is 124 g/mol. The molecule has 0 heterocycles. The SMILES string of the molecule is [2HH].[B-]C.[B-]C.[K+].[K+]. The topological polar surface area (TPSA) is 0 Å². The predicted molar refractivity (Wildman–Crippen MR) is 25.3 cm³/mol. The third kappa shape index (κ3) is 26.2. The molecule has 4 heteroatoms. The van der Waals surface area contributed by atoms with Crippen molar-refractivity contribution in [2.75, 3.05) is 0 Å². The standard InChI is InChI=1S/2CH3B.2K.H2/c2*1-2;;;/h2*1H3;;;1H/q2*-1;2*+1;/i;;;;1+1. The van der Waals surface area contributed by atoms with E-state index in [2.05, 4.69) is 15.7 Å². The molecule has 6 radical (unpaired) electrons. The average Bonchev–Trinajstić information content (AvgIpc) is 1.50. The van der Waals surface area contributed by atoms with Crippen LogP contribution in [0.15, 0.2) is 0 Å². The second kappa shape index (κ2) is 39.8. The molecule has 0 spiro atoms. The van der Waals surface area contributed by atoms with Gasteiger partial charge in [-0.15, -0.1) is 0 Å². The van der Waals surface area contributed by atoms with Crippen LogP contribution in [0.1, 0.15) is 1.43 Å². The minimum atomic E-state index is 0. The van der Waals surface area contributed by atoms with Crippen molar-refractivity contribution in [2.45, 2.75) is 13.6 Å². The van der Waals surface area contributed by atoms with Crippen molar-refractivity contribution in [1.82, 2.24) is 0 Å². The maximum Gasteiger partial charge on any atom is 1.00 e. The Hall–Kier alpha value is 3.40. The first-order valence-electron chi connectivity index (χ1n) is 1.15. The van der Waals surface area contributed by atoms with E-state index in [9.17, 15) is 0 Å². The van der Waals surface area contributed by atoms with Gasteiger partial charge in [-0.2, -0.15) is 0 Å². The third-order valence-electron chi connectivity index (χ3n) is 0. The Labute approximate surface area is 130 Å². The van der Waals surface area contributed by atoms with Gasteiger partial charge in [0.1, 0.15) is 0 Å². The van der Waals surface area contributed by atoms with E-state index in [1.54, 1.807) is 0 Å². The first-order valence-corrected chi connectivity index (χ1v) is 1.15. The van der Waals surface area contributed by atoms with Gasteiger partial charge in [0, 0.05) is 1.43 Å². The molecule has 0 nitrogen and oxygen atoms in total. The predicted octanol–water partition coefficient (Wildman–Crippen LogP) is -5.34. The van der Waals surface area contributed by atoms with Crippen LogP contribution < -0.4 is 103 Å². The van der Waals surface area contributed by atoms with Gasteiger partial charge in [-0.3, -0.25) is 13.6 Å². The van der Waals surface area contributed by atoms with Gasteiger partial charge in [-0.05, 0) is 0 Å². The van der Waals surface area contributed by atoms with Crippen LogP contribution >= 0.6 is 0 Å². The Morgan fingerprint density at radius 2 is 0.833 bits per heavy atom. The molecule has 0 unspecified atom stereocenters. The van der Waals surface area contributed by atoms with Crippen LogP contribution in [0.3, 0.4) is 0 Å². The van der Waals surface area contributed by atoms with Gasteiger partial charge in [-0.25, -0.2) is 0 Å². The zero-order chi connectivity index (χ0) is 4.00. The average molecular weight is 133 g/mol. The maximum absolute atomic E-state index is 4.50. The second-order valence-electron chi connectivity index (χ2n) is 0. The molecule has 0 N–H and O–H groups in total. The monoisotopic (exact) mass is 133 g/mol. The van der Waals surface area contributed by atoms with Crippen molar-refractivity contribution >= 4 is 15.7 Å². The van der Waals surface area contributed by atoms with Crippen LogP contribution in [0.5, 0.6) is 0 Å². The molecule has 0 aromatic heterocycles. The zero-order valence-corrected chi connectivity index (χ0v) is 11.4. The first-order chi connectivity index (χ1) is 2.00. The Balaban J connectivity index is -0.00000000267. The normalized spacial score (nSPS) is 2.00. The zero-order valence-electron chi connectivity index (χ0n) is 5.15. The van der Waals surface area contributed by atoms with Gasteiger partial charge in [-0.1, -0.05) is 0 Å². The Morgan fingerprint density at radius 1 is 0.833 bits per heavy atom. The number of hydrogen-bond acceptors (Lipinski definition) is 0. The van der Waals surface area contributed by atoms with Crippen molar-refractivity contribution in [1.29, 1.82) is 0 Å². The number of hydrogen-bond donors (Lipinski definition) is 0. The van der Waals surface area contributed by atoms with Crippen molar-refractivity contribution in [3.8, 4) is 0 Å². The summed E-state index contributed by atoms with van der Waals surface area (Å²) in [6.07, 6.45) is 0. The van der Waals surface area contributed by atoms with E-state index in [4.69, 9.17) is 0 Å². The fraction of sp³-hybridized carbons (Fsp3) is 1.00. The van der Waals surface area contributed by atoms with Crippen LogP contribution in [-0.2, 0) is 0 Å². The van der Waals surface area contributed by atoms with E-state index in [1.165, 1.54) is 13.6 Å². The summed E-state index contributed by atoms with van der Waals surface area (Å²) in [5.41, 5.74) is 0. The first kappa shape index (κ1) is 22.7. The molecule has 0 rings (SSSR count). The Morgan fingerprint density at radius 3 is 0.833 bits per heavy atom. The molecule has 0 aromatic carbocycles. The van der Waals surface area contributed by atoms with Crippen LogP contribution in [0, 0.1) is 0 Å². The van der Waals surface area contributed by atoms with Crippen molar-refractivity contribution in [3.63, 3.8) is 0 Å². The summed E-state index contributed by atoms with van der Waals surface area (Å²) < 4.78 is 0. The molecule has 0 aliphatic carbocycles.